The molecular weight excluding hydrogens is 326 g/mol. The fourth-order valence-corrected chi connectivity index (χ4v) is 2.73. The number of carbonyl (C=O) groups excluding carboxylic acids is 1. The Balaban J connectivity index is 2.15. The van der Waals surface area contributed by atoms with Crippen LogP contribution in [0.4, 0.5) is 0 Å². The van der Waals surface area contributed by atoms with Crippen molar-refractivity contribution in [3.8, 4) is 0 Å². The zero-order valence-corrected chi connectivity index (χ0v) is 13.3. The summed E-state index contributed by atoms with van der Waals surface area (Å²) in [5.74, 6) is 0.846. The number of thiophene rings is 1. The average Bonchev–Trinajstić information content (AvgIpc) is 2.98. The van der Waals surface area contributed by atoms with Gasteiger partial charge in [0.15, 0.2) is 0 Å². The second-order valence-corrected chi connectivity index (χ2v) is 7.81. The summed E-state index contributed by atoms with van der Waals surface area (Å²) in [6.07, 6.45) is 1.63. The van der Waals surface area contributed by atoms with Crippen molar-refractivity contribution in [3.05, 3.63) is 46.5 Å². The fourth-order valence-electron chi connectivity index (χ4n) is 1.76. The number of hydrogen-bond donors (Lipinski definition) is 0. The van der Waals surface area contributed by atoms with E-state index in [1.165, 1.54) is 0 Å². The Morgan fingerprint density at radius 3 is 2.68 bits per heavy atom. The highest BCUT2D eigenvalue weighted by Crippen LogP contribution is 2.23. The van der Waals surface area contributed by atoms with Crippen LogP contribution >= 0.6 is 27.3 Å². The van der Waals surface area contributed by atoms with Crippen molar-refractivity contribution in [2.24, 2.45) is 0 Å². The van der Waals surface area contributed by atoms with Crippen molar-refractivity contribution in [3.63, 3.8) is 0 Å². The van der Waals surface area contributed by atoms with Crippen LogP contribution in [0.2, 0.25) is 0 Å². The minimum atomic E-state index is -0.573. The Morgan fingerprint density at radius 2 is 2.16 bits per heavy atom. The molecule has 0 bridgehead atoms. The first kappa shape index (κ1) is 14.3. The molecule has 0 aliphatic carbocycles. The summed E-state index contributed by atoms with van der Waals surface area (Å²) >= 11 is 5.09. The number of furan rings is 1. The number of alkyl halides is 1. The second kappa shape index (κ2) is 5.92. The third-order valence-electron chi connectivity index (χ3n) is 2.65. The summed E-state index contributed by atoms with van der Waals surface area (Å²) in [5, 5.41) is 2.02. The van der Waals surface area contributed by atoms with E-state index in [-0.39, 0.29) is 5.91 Å². The van der Waals surface area contributed by atoms with E-state index in [0.717, 1.165) is 10.6 Å². The number of halogens is 1. The summed E-state index contributed by atoms with van der Waals surface area (Å²) in [7, 11) is 0. The Morgan fingerprint density at radius 1 is 1.37 bits per heavy atom. The van der Waals surface area contributed by atoms with Gasteiger partial charge in [-0.3, -0.25) is 4.79 Å². The van der Waals surface area contributed by atoms with Crippen LogP contribution in [0.15, 0.2) is 40.3 Å². The van der Waals surface area contributed by atoms with Gasteiger partial charge in [0.2, 0.25) is 5.91 Å². The van der Waals surface area contributed by atoms with Crippen molar-refractivity contribution in [1.29, 1.82) is 0 Å². The molecule has 19 heavy (non-hydrogen) atoms. The molecule has 0 aliphatic rings. The van der Waals surface area contributed by atoms with Crippen LogP contribution in [0.3, 0.4) is 0 Å². The van der Waals surface area contributed by atoms with Crippen LogP contribution in [-0.4, -0.2) is 15.1 Å². The van der Waals surface area contributed by atoms with Gasteiger partial charge < -0.3 is 9.32 Å². The van der Waals surface area contributed by atoms with E-state index in [1.807, 2.05) is 43.5 Å². The van der Waals surface area contributed by atoms with Crippen molar-refractivity contribution < 1.29 is 9.21 Å². The smallest absolute Gasteiger partial charge is 0.239 e. The SMILES string of the molecule is CC(C)(Br)C(=O)N(Cc1ccco1)Cc1cccs1. The lowest BCUT2D eigenvalue weighted by atomic mass is 10.1. The van der Waals surface area contributed by atoms with Gasteiger partial charge >= 0.3 is 0 Å². The van der Waals surface area contributed by atoms with Crippen LogP contribution in [0.25, 0.3) is 0 Å². The van der Waals surface area contributed by atoms with E-state index in [9.17, 15) is 4.79 Å². The Labute approximate surface area is 125 Å². The van der Waals surface area contributed by atoms with Gasteiger partial charge in [-0.25, -0.2) is 0 Å². The highest BCUT2D eigenvalue weighted by molar-refractivity contribution is 9.10. The van der Waals surface area contributed by atoms with E-state index in [1.54, 1.807) is 22.5 Å². The van der Waals surface area contributed by atoms with Crippen molar-refractivity contribution >= 4 is 33.2 Å². The van der Waals surface area contributed by atoms with Gasteiger partial charge in [0.25, 0.3) is 0 Å². The number of amides is 1. The van der Waals surface area contributed by atoms with Gasteiger partial charge in [-0.05, 0) is 37.4 Å². The molecular formula is C14H16BrNO2S. The highest BCUT2D eigenvalue weighted by atomic mass is 79.9. The van der Waals surface area contributed by atoms with Gasteiger partial charge in [0.05, 0.1) is 23.7 Å². The van der Waals surface area contributed by atoms with Crippen molar-refractivity contribution in [1.82, 2.24) is 4.90 Å². The zero-order chi connectivity index (χ0) is 13.9. The maximum atomic E-state index is 12.5. The monoisotopic (exact) mass is 341 g/mol. The van der Waals surface area contributed by atoms with Gasteiger partial charge in [-0.15, -0.1) is 11.3 Å². The molecule has 0 aromatic carbocycles. The number of nitrogens with zero attached hydrogens (tertiary/aromatic N) is 1. The molecule has 0 saturated carbocycles. The Hall–Kier alpha value is -1.07. The molecule has 2 aromatic heterocycles. The summed E-state index contributed by atoms with van der Waals surface area (Å²) < 4.78 is 4.77. The fraction of sp³-hybridized carbons (Fsp3) is 0.357. The molecule has 0 fully saturated rings. The first-order chi connectivity index (χ1) is 8.97. The molecule has 5 heteroatoms. The number of hydrogen-bond acceptors (Lipinski definition) is 3. The molecule has 102 valence electrons. The largest absolute Gasteiger partial charge is 0.467 e. The maximum Gasteiger partial charge on any atom is 0.239 e. The molecule has 0 N–H and O–H groups in total. The topological polar surface area (TPSA) is 33.5 Å². The summed E-state index contributed by atoms with van der Waals surface area (Å²) in [6, 6.07) is 7.75. The third kappa shape index (κ3) is 3.94. The molecule has 0 unspecified atom stereocenters. The van der Waals surface area contributed by atoms with Crippen molar-refractivity contribution in [2.75, 3.05) is 0 Å². The molecule has 0 aliphatic heterocycles. The standard InChI is InChI=1S/C14H16BrNO2S/c1-14(2,15)13(17)16(9-11-5-3-7-18-11)10-12-6-4-8-19-12/h3-8H,9-10H2,1-2H3. The first-order valence-electron chi connectivity index (χ1n) is 6.00. The maximum absolute atomic E-state index is 12.5. The quantitative estimate of drug-likeness (QED) is 0.769. The van der Waals surface area contributed by atoms with Crippen molar-refractivity contribution in [2.45, 2.75) is 31.3 Å². The van der Waals surface area contributed by atoms with E-state index in [4.69, 9.17) is 4.42 Å². The van der Waals surface area contributed by atoms with E-state index in [0.29, 0.717) is 13.1 Å². The van der Waals surface area contributed by atoms with Crippen LogP contribution in [0.5, 0.6) is 0 Å². The predicted octanol–water partition coefficient (Wildman–Crippen LogP) is 4.04. The van der Waals surface area contributed by atoms with Crippen LogP contribution < -0.4 is 0 Å². The normalized spacial score (nSPS) is 11.5. The van der Waals surface area contributed by atoms with E-state index in [2.05, 4.69) is 15.9 Å². The predicted molar refractivity (Wildman–Crippen MR) is 80.3 cm³/mol. The van der Waals surface area contributed by atoms with Gasteiger partial charge in [-0.2, -0.15) is 0 Å². The molecule has 2 rings (SSSR count). The van der Waals surface area contributed by atoms with Gasteiger partial charge in [0, 0.05) is 4.88 Å². The second-order valence-electron chi connectivity index (χ2n) is 4.79. The van der Waals surface area contributed by atoms with Gasteiger partial charge in [0.1, 0.15) is 5.76 Å². The average molecular weight is 342 g/mol. The molecule has 1 amide bonds. The first-order valence-corrected chi connectivity index (χ1v) is 7.67. The summed E-state index contributed by atoms with van der Waals surface area (Å²) in [6.45, 7) is 4.81. The molecule has 0 radical (unpaired) electrons. The van der Waals surface area contributed by atoms with Crippen LogP contribution in [0.1, 0.15) is 24.5 Å². The number of carbonyl (C=O) groups is 1. The lowest BCUT2D eigenvalue weighted by molar-refractivity contribution is -0.134. The lowest BCUT2D eigenvalue weighted by Gasteiger charge is -2.27. The molecule has 2 aromatic rings. The molecule has 0 spiro atoms. The molecule has 3 nitrogen and oxygen atoms in total. The lowest BCUT2D eigenvalue weighted by Crippen LogP contribution is -2.40. The van der Waals surface area contributed by atoms with E-state index < -0.39 is 4.32 Å². The minimum Gasteiger partial charge on any atom is -0.467 e. The summed E-state index contributed by atoms with van der Waals surface area (Å²) in [4.78, 5) is 15.4. The molecule has 0 atom stereocenters. The van der Waals surface area contributed by atoms with Crippen LogP contribution in [0, 0.1) is 0 Å². The zero-order valence-electron chi connectivity index (χ0n) is 10.9. The third-order valence-corrected chi connectivity index (χ3v) is 3.85. The minimum absolute atomic E-state index is 0.0531. The van der Waals surface area contributed by atoms with E-state index >= 15 is 0 Å². The Kier molecular flexibility index (Phi) is 4.47. The van der Waals surface area contributed by atoms with Crippen LogP contribution in [-0.2, 0) is 17.9 Å². The highest BCUT2D eigenvalue weighted by Gasteiger charge is 2.29. The molecule has 0 saturated heterocycles. The Bertz CT molecular complexity index is 478. The molecule has 2 heterocycles. The number of rotatable bonds is 5. The van der Waals surface area contributed by atoms with Gasteiger partial charge in [-0.1, -0.05) is 22.0 Å². The summed E-state index contributed by atoms with van der Waals surface area (Å²) in [5.41, 5.74) is 0.